The van der Waals surface area contributed by atoms with Crippen LogP contribution in [-0.4, -0.2) is 23.3 Å². The Balaban J connectivity index is 2.11. The number of hydrogen-bond donors (Lipinski definition) is 1. The molecule has 82 valence electrons. The van der Waals surface area contributed by atoms with Gasteiger partial charge < -0.3 is 10.6 Å². The summed E-state index contributed by atoms with van der Waals surface area (Å²) >= 11 is 0. The van der Waals surface area contributed by atoms with Crippen LogP contribution < -0.4 is 10.6 Å². The summed E-state index contributed by atoms with van der Waals surface area (Å²) in [6, 6.07) is 3.96. The van der Waals surface area contributed by atoms with Gasteiger partial charge in [-0.3, -0.25) is 0 Å². The molecular weight excluding hydrogens is 188 g/mol. The molecule has 4 nitrogen and oxygen atoms in total. The molecule has 0 atom stereocenters. The molecule has 0 bridgehead atoms. The highest BCUT2D eigenvalue weighted by atomic mass is 15.3. The van der Waals surface area contributed by atoms with E-state index in [1.807, 2.05) is 12.1 Å². The SMILES string of the molecule is CC1(C)CCN(c2ccc(CN)nn2)C1. The standard InChI is InChI=1S/C11H18N4/c1-11(2)5-6-15(8-11)10-4-3-9(7-12)13-14-10/h3-4H,5-8,12H2,1-2H3. The summed E-state index contributed by atoms with van der Waals surface area (Å²) in [5, 5.41) is 8.27. The summed E-state index contributed by atoms with van der Waals surface area (Å²) in [7, 11) is 0. The summed E-state index contributed by atoms with van der Waals surface area (Å²) in [4.78, 5) is 2.29. The Morgan fingerprint density at radius 1 is 1.40 bits per heavy atom. The van der Waals surface area contributed by atoms with Gasteiger partial charge in [0.05, 0.1) is 5.69 Å². The van der Waals surface area contributed by atoms with Crippen molar-refractivity contribution in [3.05, 3.63) is 17.8 Å². The van der Waals surface area contributed by atoms with E-state index in [2.05, 4.69) is 28.9 Å². The second-order valence-corrected chi connectivity index (χ2v) is 4.92. The van der Waals surface area contributed by atoms with Gasteiger partial charge in [-0.05, 0) is 24.0 Å². The van der Waals surface area contributed by atoms with Crippen molar-refractivity contribution in [1.82, 2.24) is 10.2 Å². The summed E-state index contributed by atoms with van der Waals surface area (Å²) in [6.07, 6.45) is 1.22. The number of aromatic nitrogens is 2. The average Bonchev–Trinajstić information content (AvgIpc) is 2.59. The first kappa shape index (κ1) is 10.4. The van der Waals surface area contributed by atoms with Gasteiger partial charge in [-0.1, -0.05) is 13.8 Å². The van der Waals surface area contributed by atoms with Crippen LogP contribution in [0, 0.1) is 5.41 Å². The van der Waals surface area contributed by atoms with E-state index in [1.165, 1.54) is 6.42 Å². The lowest BCUT2D eigenvalue weighted by Gasteiger charge is -2.20. The molecule has 2 heterocycles. The minimum absolute atomic E-state index is 0.397. The van der Waals surface area contributed by atoms with Crippen LogP contribution in [0.2, 0.25) is 0 Å². The maximum atomic E-state index is 5.48. The fourth-order valence-electron chi connectivity index (χ4n) is 1.94. The minimum atomic E-state index is 0.397. The van der Waals surface area contributed by atoms with E-state index in [9.17, 15) is 0 Å². The van der Waals surface area contributed by atoms with E-state index in [4.69, 9.17) is 5.73 Å². The molecule has 4 heteroatoms. The largest absolute Gasteiger partial charge is 0.355 e. The molecule has 0 spiro atoms. The number of nitrogens with two attached hydrogens (primary N) is 1. The molecule has 1 aromatic heterocycles. The number of nitrogens with zero attached hydrogens (tertiary/aromatic N) is 3. The first-order chi connectivity index (χ1) is 7.11. The predicted molar refractivity (Wildman–Crippen MR) is 60.5 cm³/mol. The van der Waals surface area contributed by atoms with Crippen LogP contribution in [-0.2, 0) is 6.54 Å². The van der Waals surface area contributed by atoms with Crippen molar-refractivity contribution in [1.29, 1.82) is 0 Å². The van der Waals surface area contributed by atoms with Crippen molar-refractivity contribution in [2.24, 2.45) is 11.1 Å². The monoisotopic (exact) mass is 206 g/mol. The Morgan fingerprint density at radius 3 is 2.67 bits per heavy atom. The van der Waals surface area contributed by atoms with Crippen molar-refractivity contribution in [2.75, 3.05) is 18.0 Å². The maximum Gasteiger partial charge on any atom is 0.151 e. The fourth-order valence-corrected chi connectivity index (χ4v) is 1.94. The third-order valence-corrected chi connectivity index (χ3v) is 2.92. The Labute approximate surface area is 90.5 Å². The van der Waals surface area contributed by atoms with Gasteiger partial charge in [-0.15, -0.1) is 5.10 Å². The molecule has 15 heavy (non-hydrogen) atoms. The predicted octanol–water partition coefficient (Wildman–Crippen LogP) is 1.17. The van der Waals surface area contributed by atoms with Crippen molar-refractivity contribution < 1.29 is 0 Å². The lowest BCUT2D eigenvalue weighted by molar-refractivity contribution is 0.418. The van der Waals surface area contributed by atoms with E-state index in [1.54, 1.807) is 0 Å². The first-order valence-corrected chi connectivity index (χ1v) is 5.38. The highest BCUT2D eigenvalue weighted by molar-refractivity contribution is 5.39. The highest BCUT2D eigenvalue weighted by Crippen LogP contribution is 2.31. The molecular formula is C11H18N4. The molecule has 0 saturated carbocycles. The zero-order valence-corrected chi connectivity index (χ0v) is 9.40. The van der Waals surface area contributed by atoms with Crippen molar-refractivity contribution in [2.45, 2.75) is 26.8 Å². The van der Waals surface area contributed by atoms with Crippen LogP contribution >= 0.6 is 0 Å². The van der Waals surface area contributed by atoms with Crippen LogP contribution in [0.1, 0.15) is 26.0 Å². The zero-order chi connectivity index (χ0) is 10.9. The minimum Gasteiger partial charge on any atom is -0.355 e. The van der Waals surface area contributed by atoms with Crippen LogP contribution in [0.25, 0.3) is 0 Å². The molecule has 0 amide bonds. The number of hydrogen-bond acceptors (Lipinski definition) is 4. The molecule has 2 rings (SSSR count). The average molecular weight is 206 g/mol. The van der Waals surface area contributed by atoms with Gasteiger partial charge in [-0.25, -0.2) is 0 Å². The third kappa shape index (κ3) is 2.26. The molecule has 0 unspecified atom stereocenters. The van der Waals surface area contributed by atoms with Gasteiger partial charge in [0, 0.05) is 19.6 Å². The number of rotatable bonds is 2. The first-order valence-electron chi connectivity index (χ1n) is 5.38. The van der Waals surface area contributed by atoms with E-state index in [0.29, 0.717) is 12.0 Å². The van der Waals surface area contributed by atoms with E-state index in [-0.39, 0.29) is 0 Å². The molecule has 1 aliphatic rings. The Kier molecular flexibility index (Phi) is 2.61. The van der Waals surface area contributed by atoms with Crippen molar-refractivity contribution >= 4 is 5.82 Å². The Morgan fingerprint density at radius 2 is 2.20 bits per heavy atom. The van der Waals surface area contributed by atoms with Gasteiger partial charge >= 0.3 is 0 Å². The van der Waals surface area contributed by atoms with Crippen molar-refractivity contribution in [3.8, 4) is 0 Å². The van der Waals surface area contributed by atoms with E-state index in [0.717, 1.165) is 24.6 Å². The Hall–Kier alpha value is -1.16. The molecule has 0 aliphatic carbocycles. The Bertz CT molecular complexity index is 331. The van der Waals surface area contributed by atoms with Gasteiger partial charge in [0.25, 0.3) is 0 Å². The van der Waals surface area contributed by atoms with Gasteiger partial charge in [0.2, 0.25) is 0 Å². The summed E-state index contributed by atoms with van der Waals surface area (Å²) in [5.74, 6) is 0.970. The van der Waals surface area contributed by atoms with Gasteiger partial charge in [-0.2, -0.15) is 5.10 Å². The molecule has 1 aliphatic heterocycles. The second kappa shape index (κ2) is 3.77. The topological polar surface area (TPSA) is 55.0 Å². The van der Waals surface area contributed by atoms with Gasteiger partial charge in [0.15, 0.2) is 5.82 Å². The van der Waals surface area contributed by atoms with Crippen LogP contribution in [0.5, 0.6) is 0 Å². The van der Waals surface area contributed by atoms with Crippen LogP contribution in [0.4, 0.5) is 5.82 Å². The lowest BCUT2D eigenvalue weighted by atomic mass is 9.93. The second-order valence-electron chi connectivity index (χ2n) is 4.92. The van der Waals surface area contributed by atoms with Gasteiger partial charge in [0.1, 0.15) is 0 Å². The molecule has 1 fully saturated rings. The summed E-state index contributed by atoms with van der Waals surface area (Å²) in [6.45, 7) is 7.16. The lowest BCUT2D eigenvalue weighted by Crippen LogP contribution is -2.24. The molecule has 0 aromatic carbocycles. The smallest absolute Gasteiger partial charge is 0.151 e. The quantitative estimate of drug-likeness (QED) is 0.789. The summed E-state index contributed by atoms with van der Waals surface area (Å²) < 4.78 is 0. The fraction of sp³-hybridized carbons (Fsp3) is 0.636. The van der Waals surface area contributed by atoms with Crippen LogP contribution in [0.15, 0.2) is 12.1 Å². The summed E-state index contributed by atoms with van der Waals surface area (Å²) in [5.41, 5.74) is 6.72. The van der Waals surface area contributed by atoms with E-state index >= 15 is 0 Å². The van der Waals surface area contributed by atoms with Crippen LogP contribution in [0.3, 0.4) is 0 Å². The molecule has 1 saturated heterocycles. The highest BCUT2D eigenvalue weighted by Gasteiger charge is 2.29. The number of anilines is 1. The van der Waals surface area contributed by atoms with Crippen molar-refractivity contribution in [3.63, 3.8) is 0 Å². The zero-order valence-electron chi connectivity index (χ0n) is 9.40. The van der Waals surface area contributed by atoms with E-state index < -0.39 is 0 Å². The third-order valence-electron chi connectivity index (χ3n) is 2.92. The molecule has 0 radical (unpaired) electrons. The molecule has 1 aromatic rings. The maximum absolute atomic E-state index is 5.48. The molecule has 2 N–H and O–H groups in total. The normalized spacial score (nSPS) is 19.5.